The summed E-state index contributed by atoms with van der Waals surface area (Å²) in [5, 5.41) is 4.06. The van der Waals surface area contributed by atoms with Gasteiger partial charge in [-0.2, -0.15) is 0 Å². The first kappa shape index (κ1) is 19.5. The molecule has 0 radical (unpaired) electrons. The number of sulfonamides is 1. The van der Waals surface area contributed by atoms with Crippen molar-refractivity contribution in [2.24, 2.45) is 5.92 Å². The van der Waals surface area contributed by atoms with Gasteiger partial charge in [0.05, 0.1) is 4.90 Å². The summed E-state index contributed by atoms with van der Waals surface area (Å²) in [6.07, 6.45) is 0.195. The Hall–Kier alpha value is -1.51. The summed E-state index contributed by atoms with van der Waals surface area (Å²) in [5.41, 5.74) is 0. The molecule has 0 bridgehead atoms. The minimum Gasteiger partial charge on any atom is -0.285 e. The SMILES string of the molecule is CC(C)CSP(=O)(NC=O)NC(=O)NS(=O)(=O)c1ccccc1. The number of nitrogens with one attached hydrogen (secondary N) is 3. The van der Waals surface area contributed by atoms with E-state index in [9.17, 15) is 22.6 Å². The van der Waals surface area contributed by atoms with E-state index in [2.05, 4.69) is 0 Å². The summed E-state index contributed by atoms with van der Waals surface area (Å²) in [6.45, 7) is 0.112. The second-order valence-electron chi connectivity index (χ2n) is 4.85. The fourth-order valence-corrected chi connectivity index (χ4v) is 5.86. The molecule has 1 aromatic rings. The Kier molecular flexibility index (Phi) is 7.11. The molecule has 1 aromatic carbocycles. The normalized spacial score (nSPS) is 13.9. The van der Waals surface area contributed by atoms with E-state index < -0.39 is 22.7 Å². The quantitative estimate of drug-likeness (QED) is 0.469. The first-order valence-corrected chi connectivity index (χ1v) is 11.3. The molecule has 11 heteroatoms. The molecular formula is C12H18N3O5PS2. The lowest BCUT2D eigenvalue weighted by molar-refractivity contribution is -0.108. The molecule has 23 heavy (non-hydrogen) atoms. The lowest BCUT2D eigenvalue weighted by Crippen LogP contribution is -2.39. The molecule has 3 amide bonds. The van der Waals surface area contributed by atoms with Crippen molar-refractivity contribution in [3.05, 3.63) is 30.3 Å². The highest BCUT2D eigenvalue weighted by Gasteiger charge is 2.27. The minimum atomic E-state index is -4.09. The molecular weight excluding hydrogens is 361 g/mol. The van der Waals surface area contributed by atoms with E-state index in [1.807, 2.05) is 24.0 Å². The van der Waals surface area contributed by atoms with Crippen molar-refractivity contribution in [1.82, 2.24) is 14.9 Å². The van der Waals surface area contributed by atoms with Crippen LogP contribution >= 0.6 is 18.0 Å². The maximum Gasteiger partial charge on any atom is 0.336 e. The van der Waals surface area contributed by atoms with Crippen molar-refractivity contribution in [2.75, 3.05) is 5.75 Å². The van der Waals surface area contributed by atoms with E-state index in [0.717, 1.165) is 11.4 Å². The lowest BCUT2D eigenvalue weighted by atomic mass is 10.3. The standard InChI is InChI=1S/C12H18N3O5PS2/c1-10(2)8-22-21(18,13-9-16)14-12(17)15-23(19,20)11-6-4-3-5-7-11/h3-7,9-10H,8H2,1-2H3,(H3,13,14,15,16,17,18). The predicted octanol–water partition coefficient (Wildman–Crippen LogP) is 1.92. The zero-order valence-corrected chi connectivity index (χ0v) is 15.1. The van der Waals surface area contributed by atoms with E-state index in [4.69, 9.17) is 0 Å². The highest BCUT2D eigenvalue weighted by Crippen LogP contribution is 2.50. The number of carbonyl (C=O) groups is 2. The minimum absolute atomic E-state index is 0.108. The second kappa shape index (κ2) is 8.37. The molecule has 0 aliphatic heterocycles. The van der Waals surface area contributed by atoms with Crippen LogP contribution in [-0.2, 0) is 19.4 Å². The third-order valence-corrected chi connectivity index (χ3v) is 7.94. The zero-order chi connectivity index (χ0) is 17.5. The van der Waals surface area contributed by atoms with Gasteiger partial charge in [-0.3, -0.25) is 19.5 Å². The maximum atomic E-state index is 12.4. The number of amides is 3. The van der Waals surface area contributed by atoms with Crippen molar-refractivity contribution in [3.8, 4) is 0 Å². The maximum absolute atomic E-state index is 12.4. The molecule has 0 aliphatic rings. The van der Waals surface area contributed by atoms with Gasteiger partial charge in [-0.15, -0.1) is 0 Å². The highest BCUT2D eigenvalue weighted by atomic mass is 32.7. The summed E-state index contributed by atoms with van der Waals surface area (Å²) in [5.74, 6) is 0.573. The Bertz CT molecular complexity index is 694. The Balaban J connectivity index is 2.80. The Morgan fingerprint density at radius 1 is 1.30 bits per heavy atom. The van der Waals surface area contributed by atoms with E-state index >= 15 is 0 Å². The Labute approximate surface area is 139 Å². The van der Waals surface area contributed by atoms with Gasteiger partial charge in [0.25, 0.3) is 10.0 Å². The molecule has 8 nitrogen and oxygen atoms in total. The fourth-order valence-electron chi connectivity index (χ4n) is 1.36. The number of benzene rings is 1. The van der Waals surface area contributed by atoms with Crippen LogP contribution < -0.4 is 14.9 Å². The molecule has 0 aromatic heterocycles. The molecule has 0 saturated carbocycles. The van der Waals surface area contributed by atoms with Crippen molar-refractivity contribution in [3.63, 3.8) is 0 Å². The van der Waals surface area contributed by atoms with E-state index in [1.54, 1.807) is 10.8 Å². The summed E-state index contributed by atoms with van der Waals surface area (Å²) < 4.78 is 38.1. The number of carbonyl (C=O) groups excluding carboxylic acids is 2. The van der Waals surface area contributed by atoms with Crippen molar-refractivity contribution in [1.29, 1.82) is 0 Å². The number of rotatable bonds is 8. The summed E-state index contributed by atoms with van der Waals surface area (Å²) in [6, 6.07) is 6.08. The third kappa shape index (κ3) is 6.64. The van der Waals surface area contributed by atoms with Gasteiger partial charge in [0.1, 0.15) is 0 Å². The Morgan fingerprint density at radius 2 is 1.91 bits per heavy atom. The lowest BCUT2D eigenvalue weighted by Gasteiger charge is -2.18. The van der Waals surface area contributed by atoms with Crippen LogP contribution in [0.5, 0.6) is 0 Å². The fraction of sp³-hybridized carbons (Fsp3) is 0.333. The largest absolute Gasteiger partial charge is 0.336 e. The van der Waals surface area contributed by atoms with Gasteiger partial charge in [0, 0.05) is 5.75 Å². The number of urea groups is 1. The molecule has 0 aliphatic carbocycles. The smallest absolute Gasteiger partial charge is 0.285 e. The molecule has 0 fully saturated rings. The number of hydrogen-bond acceptors (Lipinski definition) is 6. The number of hydrogen-bond donors (Lipinski definition) is 3. The van der Waals surface area contributed by atoms with Crippen LogP contribution in [0.15, 0.2) is 35.2 Å². The van der Waals surface area contributed by atoms with Gasteiger partial charge in [0.15, 0.2) is 0 Å². The molecule has 1 atom stereocenters. The van der Waals surface area contributed by atoms with Crippen molar-refractivity contribution in [2.45, 2.75) is 18.7 Å². The summed E-state index contributed by atoms with van der Waals surface area (Å²) in [7, 11) is -4.09. The monoisotopic (exact) mass is 379 g/mol. The highest BCUT2D eigenvalue weighted by molar-refractivity contribution is 8.57. The van der Waals surface area contributed by atoms with E-state index in [1.165, 1.54) is 24.3 Å². The van der Waals surface area contributed by atoms with Gasteiger partial charge in [-0.1, -0.05) is 43.4 Å². The van der Waals surface area contributed by atoms with Crippen LogP contribution in [0.25, 0.3) is 0 Å². The first-order valence-electron chi connectivity index (χ1n) is 6.54. The molecule has 0 saturated heterocycles. The van der Waals surface area contributed by atoms with Crippen LogP contribution in [0, 0.1) is 5.92 Å². The Morgan fingerprint density at radius 3 is 2.43 bits per heavy atom. The molecule has 128 valence electrons. The van der Waals surface area contributed by atoms with Crippen molar-refractivity contribution < 1.29 is 22.6 Å². The topological polar surface area (TPSA) is 121 Å². The average molecular weight is 379 g/mol. The van der Waals surface area contributed by atoms with Crippen LogP contribution in [0.3, 0.4) is 0 Å². The predicted molar refractivity (Wildman–Crippen MR) is 89.4 cm³/mol. The van der Waals surface area contributed by atoms with Gasteiger partial charge in [0.2, 0.25) is 6.41 Å². The molecule has 0 heterocycles. The molecule has 3 N–H and O–H groups in total. The summed E-state index contributed by atoms with van der Waals surface area (Å²) >= 11 is 0.853. The van der Waals surface area contributed by atoms with E-state index in [-0.39, 0.29) is 17.2 Å². The van der Waals surface area contributed by atoms with Gasteiger partial charge < -0.3 is 0 Å². The second-order valence-corrected chi connectivity index (χ2v) is 11.0. The van der Waals surface area contributed by atoms with E-state index in [0.29, 0.717) is 5.75 Å². The van der Waals surface area contributed by atoms with Gasteiger partial charge in [-0.25, -0.2) is 17.9 Å². The first-order chi connectivity index (χ1) is 10.7. The zero-order valence-electron chi connectivity index (χ0n) is 12.6. The van der Waals surface area contributed by atoms with Gasteiger partial charge >= 0.3 is 12.7 Å². The van der Waals surface area contributed by atoms with Crippen molar-refractivity contribution >= 4 is 40.5 Å². The third-order valence-electron chi connectivity index (χ3n) is 2.34. The van der Waals surface area contributed by atoms with Crippen LogP contribution in [0.1, 0.15) is 13.8 Å². The molecule has 1 unspecified atom stereocenters. The molecule has 0 spiro atoms. The van der Waals surface area contributed by atoms with Crippen LogP contribution in [0.2, 0.25) is 0 Å². The average Bonchev–Trinajstić information content (AvgIpc) is 2.45. The summed E-state index contributed by atoms with van der Waals surface area (Å²) in [4.78, 5) is 22.3. The van der Waals surface area contributed by atoms with Crippen LogP contribution in [0.4, 0.5) is 4.79 Å². The van der Waals surface area contributed by atoms with Crippen LogP contribution in [-0.4, -0.2) is 26.6 Å². The molecule has 1 rings (SSSR count). The van der Waals surface area contributed by atoms with Gasteiger partial charge in [-0.05, 0) is 18.1 Å².